The number of carbonyl (C=O) groups is 1. The lowest BCUT2D eigenvalue weighted by atomic mass is 10.2. The molecule has 0 fully saturated rings. The summed E-state index contributed by atoms with van der Waals surface area (Å²) in [5.74, 6) is 2.65. The van der Waals surface area contributed by atoms with Crippen LogP contribution in [0.25, 0.3) is 0 Å². The summed E-state index contributed by atoms with van der Waals surface area (Å²) in [6, 6.07) is 15.6. The Morgan fingerprint density at radius 3 is 2.68 bits per heavy atom. The molecule has 3 nitrogen and oxygen atoms in total. The molecule has 1 atom stereocenters. The number of hydrogen-bond acceptors (Lipinski definition) is 4. The van der Waals surface area contributed by atoms with Crippen molar-refractivity contribution in [2.24, 2.45) is 0 Å². The fraction of sp³-hybridized carbons (Fsp3) is 0.316. The van der Waals surface area contributed by atoms with Gasteiger partial charge in [-0.2, -0.15) is 11.8 Å². The summed E-state index contributed by atoms with van der Waals surface area (Å²) < 4.78 is 5.14. The van der Waals surface area contributed by atoms with Crippen LogP contribution in [0, 0.1) is 0 Å². The summed E-state index contributed by atoms with van der Waals surface area (Å²) in [4.78, 5) is 13.2. The molecule has 2 aromatic rings. The highest BCUT2D eigenvalue weighted by Crippen LogP contribution is 2.25. The van der Waals surface area contributed by atoms with Gasteiger partial charge in [0.05, 0.1) is 12.4 Å². The Balaban J connectivity index is 1.65. The van der Waals surface area contributed by atoms with E-state index in [4.69, 9.17) is 16.3 Å². The smallest absolute Gasteiger partial charge is 0.233 e. The molecule has 134 valence electrons. The Morgan fingerprint density at radius 2 is 2.00 bits per heavy atom. The van der Waals surface area contributed by atoms with E-state index in [2.05, 4.69) is 11.4 Å². The average Bonchev–Trinajstić information content (AvgIpc) is 2.62. The van der Waals surface area contributed by atoms with E-state index in [1.54, 1.807) is 30.6 Å². The van der Waals surface area contributed by atoms with Crippen molar-refractivity contribution in [3.05, 3.63) is 59.1 Å². The number of benzene rings is 2. The number of ether oxygens (including phenoxy) is 1. The number of amides is 1. The molecule has 0 heterocycles. The zero-order valence-electron chi connectivity index (χ0n) is 14.3. The van der Waals surface area contributed by atoms with Crippen LogP contribution in [-0.4, -0.2) is 30.6 Å². The first-order chi connectivity index (χ1) is 12.1. The summed E-state index contributed by atoms with van der Waals surface area (Å²) >= 11 is 9.30. The molecular weight excluding hydrogens is 374 g/mol. The third kappa shape index (κ3) is 7.22. The van der Waals surface area contributed by atoms with Gasteiger partial charge < -0.3 is 10.1 Å². The Hall–Kier alpha value is -1.30. The number of carbonyl (C=O) groups excluding carboxylic acids is 1. The van der Waals surface area contributed by atoms with Crippen LogP contribution in [0.5, 0.6) is 5.75 Å². The SMILES string of the molecule is COc1ccc(S[C@@H](C)C(=O)NCCSCc2cccc(Cl)c2)cc1. The number of rotatable bonds is 9. The zero-order valence-corrected chi connectivity index (χ0v) is 16.7. The van der Waals surface area contributed by atoms with Crippen molar-refractivity contribution in [2.45, 2.75) is 22.8 Å². The molecule has 2 rings (SSSR count). The van der Waals surface area contributed by atoms with Crippen molar-refractivity contribution < 1.29 is 9.53 Å². The summed E-state index contributed by atoms with van der Waals surface area (Å²) in [5.41, 5.74) is 1.20. The third-order valence-corrected chi connectivity index (χ3v) is 5.82. The normalized spacial score (nSPS) is 11.8. The van der Waals surface area contributed by atoms with Gasteiger partial charge in [-0.1, -0.05) is 23.7 Å². The van der Waals surface area contributed by atoms with Gasteiger partial charge in [-0.05, 0) is 48.9 Å². The average molecular weight is 396 g/mol. The lowest BCUT2D eigenvalue weighted by Crippen LogP contribution is -2.32. The van der Waals surface area contributed by atoms with Crippen LogP contribution in [0.1, 0.15) is 12.5 Å². The van der Waals surface area contributed by atoms with Gasteiger partial charge >= 0.3 is 0 Å². The van der Waals surface area contributed by atoms with Crippen LogP contribution >= 0.6 is 35.1 Å². The van der Waals surface area contributed by atoms with E-state index in [0.717, 1.165) is 27.2 Å². The molecule has 0 saturated carbocycles. The van der Waals surface area contributed by atoms with E-state index < -0.39 is 0 Å². The van der Waals surface area contributed by atoms with Crippen molar-refractivity contribution in [1.29, 1.82) is 0 Å². The maximum absolute atomic E-state index is 12.2. The van der Waals surface area contributed by atoms with E-state index in [1.165, 1.54) is 5.56 Å². The Bertz CT molecular complexity index is 679. The van der Waals surface area contributed by atoms with Crippen molar-refractivity contribution in [3.63, 3.8) is 0 Å². The van der Waals surface area contributed by atoms with E-state index in [9.17, 15) is 4.79 Å². The summed E-state index contributed by atoms with van der Waals surface area (Å²) in [6.07, 6.45) is 0. The zero-order chi connectivity index (χ0) is 18.1. The molecule has 1 N–H and O–H groups in total. The van der Waals surface area contributed by atoms with Gasteiger partial charge in [0.2, 0.25) is 5.91 Å². The topological polar surface area (TPSA) is 38.3 Å². The van der Waals surface area contributed by atoms with Crippen molar-refractivity contribution in [3.8, 4) is 5.75 Å². The molecule has 2 aromatic carbocycles. The van der Waals surface area contributed by atoms with Gasteiger partial charge in [-0.25, -0.2) is 0 Å². The fourth-order valence-corrected chi connectivity index (χ4v) is 4.03. The second-order valence-corrected chi connectivity index (χ2v) is 8.36. The number of nitrogens with one attached hydrogen (secondary N) is 1. The molecule has 0 radical (unpaired) electrons. The molecule has 1 amide bonds. The molecule has 0 unspecified atom stereocenters. The maximum Gasteiger partial charge on any atom is 0.233 e. The number of hydrogen-bond donors (Lipinski definition) is 1. The quantitative estimate of drug-likeness (QED) is 0.485. The van der Waals surface area contributed by atoms with Gasteiger partial charge in [0.1, 0.15) is 5.75 Å². The van der Waals surface area contributed by atoms with Gasteiger partial charge in [-0.3, -0.25) is 4.79 Å². The largest absolute Gasteiger partial charge is 0.497 e. The van der Waals surface area contributed by atoms with Crippen LogP contribution in [0.15, 0.2) is 53.4 Å². The van der Waals surface area contributed by atoms with Gasteiger partial charge in [0.15, 0.2) is 0 Å². The molecule has 0 aliphatic heterocycles. The minimum absolute atomic E-state index is 0.0594. The first kappa shape index (κ1) is 20.0. The number of methoxy groups -OCH3 is 1. The highest BCUT2D eigenvalue weighted by Gasteiger charge is 2.13. The standard InChI is InChI=1S/C19H22ClNO2S2/c1-14(25-18-8-6-17(23-2)7-9-18)19(22)21-10-11-24-13-15-4-3-5-16(20)12-15/h3-9,12,14H,10-11,13H2,1-2H3,(H,21,22)/t14-/m0/s1. The molecule has 0 spiro atoms. The first-order valence-electron chi connectivity index (χ1n) is 7.99. The molecule has 0 bridgehead atoms. The second kappa shape index (κ2) is 10.6. The van der Waals surface area contributed by atoms with Crippen LogP contribution in [-0.2, 0) is 10.5 Å². The van der Waals surface area contributed by atoms with Crippen molar-refractivity contribution in [1.82, 2.24) is 5.32 Å². The minimum Gasteiger partial charge on any atom is -0.497 e. The van der Waals surface area contributed by atoms with E-state index in [0.29, 0.717) is 6.54 Å². The Kier molecular flexibility index (Phi) is 8.52. The Labute approximate surface area is 162 Å². The van der Waals surface area contributed by atoms with E-state index in [-0.39, 0.29) is 11.2 Å². The monoisotopic (exact) mass is 395 g/mol. The highest BCUT2D eigenvalue weighted by atomic mass is 35.5. The predicted molar refractivity (Wildman–Crippen MR) is 109 cm³/mol. The molecule has 25 heavy (non-hydrogen) atoms. The summed E-state index contributed by atoms with van der Waals surface area (Å²) in [6.45, 7) is 2.58. The van der Waals surface area contributed by atoms with Gasteiger partial charge in [0.25, 0.3) is 0 Å². The molecule has 0 aromatic heterocycles. The number of thioether (sulfide) groups is 2. The highest BCUT2D eigenvalue weighted by molar-refractivity contribution is 8.00. The lowest BCUT2D eigenvalue weighted by Gasteiger charge is -2.12. The lowest BCUT2D eigenvalue weighted by molar-refractivity contribution is -0.120. The Morgan fingerprint density at radius 1 is 1.24 bits per heavy atom. The van der Waals surface area contributed by atoms with E-state index in [1.807, 2.05) is 49.4 Å². The maximum atomic E-state index is 12.2. The van der Waals surface area contributed by atoms with Crippen molar-refractivity contribution >= 4 is 41.0 Å². The van der Waals surface area contributed by atoms with Gasteiger partial charge in [0, 0.05) is 28.0 Å². The van der Waals surface area contributed by atoms with Crippen LogP contribution in [0.2, 0.25) is 5.02 Å². The minimum atomic E-state index is -0.133. The van der Waals surface area contributed by atoms with Gasteiger partial charge in [-0.15, -0.1) is 11.8 Å². The molecule has 0 aliphatic rings. The van der Waals surface area contributed by atoms with Crippen LogP contribution in [0.3, 0.4) is 0 Å². The third-order valence-electron chi connectivity index (χ3n) is 3.44. The molecule has 6 heteroatoms. The second-order valence-electron chi connectivity index (χ2n) is 5.41. The van der Waals surface area contributed by atoms with Crippen LogP contribution < -0.4 is 10.1 Å². The van der Waals surface area contributed by atoms with Crippen LogP contribution in [0.4, 0.5) is 0 Å². The molecule has 0 aliphatic carbocycles. The van der Waals surface area contributed by atoms with Crippen molar-refractivity contribution in [2.75, 3.05) is 19.4 Å². The van der Waals surface area contributed by atoms with E-state index >= 15 is 0 Å². The summed E-state index contributed by atoms with van der Waals surface area (Å²) in [5, 5.41) is 3.62. The molecular formula is C19H22ClNO2S2. The first-order valence-corrected chi connectivity index (χ1v) is 10.4. The summed E-state index contributed by atoms with van der Waals surface area (Å²) in [7, 11) is 1.64. The fourth-order valence-electron chi connectivity index (χ4n) is 2.12. The molecule has 0 saturated heterocycles. The predicted octanol–water partition coefficient (Wildman–Crippen LogP) is 4.88. The number of halogens is 1.